The second-order valence-electron chi connectivity index (χ2n) is 16.1. The van der Waals surface area contributed by atoms with Crippen LogP contribution in [0.4, 0.5) is 0 Å². The molecule has 200 valence electrons. The third-order valence-corrected chi connectivity index (χ3v) is 14.0. The van der Waals surface area contributed by atoms with Crippen molar-refractivity contribution in [3.8, 4) is 0 Å². The minimum Gasteiger partial charge on any atom is -0.462 e. The molecule has 0 aromatic rings. The molecule has 5 aliphatic carbocycles. The van der Waals surface area contributed by atoms with Crippen LogP contribution in [0, 0.1) is 56.7 Å². The zero-order valence-electron chi connectivity index (χ0n) is 24.3. The van der Waals surface area contributed by atoms with Crippen LogP contribution in [-0.2, 0) is 9.53 Å². The number of carbonyl (C=O) groups excluding carboxylic acids is 1. The molecule has 1 N–H and O–H groups in total. The highest BCUT2D eigenvalue weighted by Crippen LogP contribution is 2.78. The Labute approximate surface area is 215 Å². The van der Waals surface area contributed by atoms with Gasteiger partial charge >= 0.3 is 5.97 Å². The molecule has 3 nitrogen and oxygen atoms in total. The van der Waals surface area contributed by atoms with Gasteiger partial charge in [0.25, 0.3) is 0 Å². The molecule has 5 saturated carbocycles. The van der Waals surface area contributed by atoms with Gasteiger partial charge in [0, 0.05) is 12.3 Å². The van der Waals surface area contributed by atoms with Gasteiger partial charge in [-0.1, -0.05) is 48.0 Å². The number of rotatable bonds is 2. The van der Waals surface area contributed by atoms with Gasteiger partial charge in [-0.2, -0.15) is 0 Å². The quantitative estimate of drug-likeness (QED) is 0.405. The van der Waals surface area contributed by atoms with Crippen LogP contribution in [0.1, 0.15) is 127 Å². The number of fused-ring (bicyclic) bond motifs is 7. The van der Waals surface area contributed by atoms with Crippen molar-refractivity contribution in [2.45, 2.75) is 138 Å². The number of aliphatic hydroxyl groups is 1. The summed E-state index contributed by atoms with van der Waals surface area (Å²) >= 11 is 0. The summed E-state index contributed by atoms with van der Waals surface area (Å²) in [6, 6.07) is 0. The molecule has 0 unspecified atom stereocenters. The van der Waals surface area contributed by atoms with Crippen molar-refractivity contribution in [3.63, 3.8) is 0 Å². The number of hydrogen-bond donors (Lipinski definition) is 1. The highest BCUT2D eigenvalue weighted by atomic mass is 16.5. The standard InChI is InChI=1S/C32H54O3/c1-20(33)35-26-19-25-27(2,3)15-10-16-30(25,7)24-12-11-23-29(6)17-13-21(28(4,5)34)22(29)14-18-31(23,8)32(24,26)9/h21-26,34H,10-19H2,1-9H3/t21-,22-,23+,24+,25-,26-,29-,30+,31+,32-/m0/s1. The van der Waals surface area contributed by atoms with E-state index >= 15 is 0 Å². The van der Waals surface area contributed by atoms with Crippen LogP contribution in [0.25, 0.3) is 0 Å². The number of hydrogen-bond acceptors (Lipinski definition) is 3. The molecule has 5 aliphatic rings. The van der Waals surface area contributed by atoms with E-state index in [0.29, 0.717) is 40.4 Å². The van der Waals surface area contributed by atoms with Gasteiger partial charge in [-0.15, -0.1) is 0 Å². The lowest BCUT2D eigenvalue weighted by atomic mass is 9.31. The van der Waals surface area contributed by atoms with Crippen molar-refractivity contribution in [3.05, 3.63) is 0 Å². The summed E-state index contributed by atoms with van der Waals surface area (Å²) in [5.41, 5.74) is 0.461. The van der Waals surface area contributed by atoms with Gasteiger partial charge in [-0.3, -0.25) is 4.79 Å². The van der Waals surface area contributed by atoms with Gasteiger partial charge < -0.3 is 9.84 Å². The van der Waals surface area contributed by atoms with Crippen LogP contribution in [0.15, 0.2) is 0 Å². The Hall–Kier alpha value is -0.570. The summed E-state index contributed by atoms with van der Waals surface area (Å²) in [7, 11) is 0. The third-order valence-electron chi connectivity index (χ3n) is 14.0. The first-order valence-corrected chi connectivity index (χ1v) is 14.9. The summed E-state index contributed by atoms with van der Waals surface area (Å²) in [4.78, 5) is 12.5. The van der Waals surface area contributed by atoms with Crippen LogP contribution < -0.4 is 0 Å². The molecule has 0 amide bonds. The first-order chi connectivity index (χ1) is 16.0. The Morgan fingerprint density at radius 3 is 2.11 bits per heavy atom. The minimum absolute atomic E-state index is 0.00105. The largest absolute Gasteiger partial charge is 0.462 e. The Balaban J connectivity index is 1.60. The zero-order valence-corrected chi connectivity index (χ0v) is 24.3. The maximum Gasteiger partial charge on any atom is 0.302 e. The Morgan fingerprint density at radius 1 is 0.829 bits per heavy atom. The Bertz CT molecular complexity index is 871. The van der Waals surface area contributed by atoms with E-state index in [2.05, 4.69) is 41.5 Å². The van der Waals surface area contributed by atoms with Crippen molar-refractivity contribution in [2.75, 3.05) is 0 Å². The molecule has 5 fully saturated rings. The highest BCUT2D eigenvalue weighted by Gasteiger charge is 2.73. The molecule has 35 heavy (non-hydrogen) atoms. The van der Waals surface area contributed by atoms with Crippen molar-refractivity contribution < 1.29 is 14.6 Å². The zero-order chi connectivity index (χ0) is 25.8. The predicted octanol–water partition coefficient (Wildman–Crippen LogP) is 7.79. The van der Waals surface area contributed by atoms with Crippen LogP contribution >= 0.6 is 0 Å². The summed E-state index contributed by atoms with van der Waals surface area (Å²) in [5, 5.41) is 11.1. The molecule has 0 bridgehead atoms. The molecule has 0 spiro atoms. The highest BCUT2D eigenvalue weighted by molar-refractivity contribution is 5.66. The summed E-state index contributed by atoms with van der Waals surface area (Å²) in [6.45, 7) is 21.1. The topological polar surface area (TPSA) is 46.5 Å². The SMILES string of the molecule is CC(=O)O[C@H]1C[C@H]2C(C)(C)CCC[C@]2(C)[C@H]2CC[C@@H]3[C@@]4(C)CC[C@H](C(C)(C)O)[C@@H]4CC[C@@]3(C)[C@]12C. The minimum atomic E-state index is -0.600. The lowest BCUT2D eigenvalue weighted by Crippen LogP contribution is -2.70. The van der Waals surface area contributed by atoms with Crippen LogP contribution in [0.5, 0.6) is 0 Å². The van der Waals surface area contributed by atoms with Crippen LogP contribution in [0.3, 0.4) is 0 Å². The van der Waals surface area contributed by atoms with Crippen molar-refractivity contribution in [2.24, 2.45) is 56.7 Å². The maximum atomic E-state index is 12.5. The summed E-state index contributed by atoms with van der Waals surface area (Å²) in [6.07, 6.45) is 12.4. The molecule has 0 aromatic carbocycles. The summed E-state index contributed by atoms with van der Waals surface area (Å²) < 4.78 is 6.41. The van der Waals surface area contributed by atoms with Crippen molar-refractivity contribution in [1.82, 2.24) is 0 Å². The molecule has 0 saturated heterocycles. The average molecular weight is 487 g/mol. The van der Waals surface area contributed by atoms with Crippen LogP contribution in [-0.4, -0.2) is 22.8 Å². The van der Waals surface area contributed by atoms with Gasteiger partial charge in [0.1, 0.15) is 6.10 Å². The molecule has 0 radical (unpaired) electrons. The molecule has 5 rings (SSSR count). The second-order valence-corrected chi connectivity index (χ2v) is 16.1. The van der Waals surface area contributed by atoms with E-state index in [4.69, 9.17) is 4.74 Å². The first kappa shape index (κ1) is 26.1. The van der Waals surface area contributed by atoms with Crippen molar-refractivity contribution in [1.29, 1.82) is 0 Å². The van der Waals surface area contributed by atoms with Gasteiger partial charge in [-0.25, -0.2) is 0 Å². The van der Waals surface area contributed by atoms with Gasteiger partial charge in [0.2, 0.25) is 0 Å². The maximum absolute atomic E-state index is 12.5. The van der Waals surface area contributed by atoms with Gasteiger partial charge in [-0.05, 0) is 123 Å². The van der Waals surface area contributed by atoms with E-state index in [0.717, 1.165) is 12.8 Å². The number of ether oxygens (including phenoxy) is 1. The normalized spacial score (nSPS) is 53.1. The van der Waals surface area contributed by atoms with E-state index in [1.165, 1.54) is 51.4 Å². The molecule has 3 heteroatoms. The molecular weight excluding hydrogens is 432 g/mol. The van der Waals surface area contributed by atoms with Crippen molar-refractivity contribution >= 4 is 5.97 Å². The van der Waals surface area contributed by atoms with Crippen LogP contribution in [0.2, 0.25) is 0 Å². The Kier molecular flexibility index (Phi) is 5.76. The molecule has 0 aliphatic heterocycles. The van der Waals surface area contributed by atoms with E-state index in [9.17, 15) is 9.90 Å². The fourth-order valence-corrected chi connectivity index (χ4v) is 12.4. The van der Waals surface area contributed by atoms with E-state index < -0.39 is 5.60 Å². The smallest absolute Gasteiger partial charge is 0.302 e. The number of carbonyl (C=O) groups is 1. The fraction of sp³-hybridized carbons (Fsp3) is 0.969. The second kappa shape index (κ2) is 7.73. The molecular formula is C32H54O3. The third kappa shape index (κ3) is 3.34. The monoisotopic (exact) mass is 486 g/mol. The van der Waals surface area contributed by atoms with E-state index in [-0.39, 0.29) is 28.3 Å². The average Bonchev–Trinajstić information content (AvgIpc) is 3.07. The van der Waals surface area contributed by atoms with Gasteiger partial charge in [0.05, 0.1) is 5.60 Å². The lowest BCUT2D eigenvalue weighted by molar-refractivity contribution is -0.283. The fourth-order valence-electron chi connectivity index (χ4n) is 12.4. The predicted molar refractivity (Wildman–Crippen MR) is 142 cm³/mol. The van der Waals surface area contributed by atoms with Gasteiger partial charge in [0.15, 0.2) is 0 Å². The molecule has 10 atom stereocenters. The Morgan fingerprint density at radius 2 is 1.49 bits per heavy atom. The van der Waals surface area contributed by atoms with E-state index in [1.54, 1.807) is 6.92 Å². The summed E-state index contributed by atoms with van der Waals surface area (Å²) in [5.74, 6) is 2.76. The van der Waals surface area contributed by atoms with E-state index in [1.807, 2.05) is 13.8 Å². The molecule has 0 heterocycles. The number of esters is 1. The molecule has 0 aromatic heterocycles. The lowest BCUT2D eigenvalue weighted by Gasteiger charge is -2.74. The first-order valence-electron chi connectivity index (χ1n) is 14.9.